The summed E-state index contributed by atoms with van der Waals surface area (Å²) in [5.41, 5.74) is 1.14. The molecule has 18 heavy (non-hydrogen) atoms. The van der Waals surface area contributed by atoms with Gasteiger partial charge in [-0.1, -0.05) is 18.2 Å². The molecule has 0 spiro atoms. The highest BCUT2D eigenvalue weighted by Gasteiger charge is 2.07. The highest BCUT2D eigenvalue weighted by molar-refractivity contribution is 7.84. The van der Waals surface area contributed by atoms with Gasteiger partial charge in [0.25, 0.3) is 0 Å². The summed E-state index contributed by atoms with van der Waals surface area (Å²) in [7, 11) is -0.776. The smallest absolute Gasteiger partial charge is 0.124 e. The average Bonchev–Trinajstić information content (AvgIpc) is 2.30. The van der Waals surface area contributed by atoms with Crippen molar-refractivity contribution in [3.05, 3.63) is 29.8 Å². The SMILES string of the molecule is CC(C)Oc1ccccc1CNCC(C)S(C)=O. The van der Waals surface area contributed by atoms with Crippen LogP contribution < -0.4 is 10.1 Å². The van der Waals surface area contributed by atoms with Gasteiger partial charge in [-0.25, -0.2) is 0 Å². The Bertz CT molecular complexity index is 393. The molecule has 0 heterocycles. The molecule has 0 saturated carbocycles. The monoisotopic (exact) mass is 269 g/mol. The highest BCUT2D eigenvalue weighted by Crippen LogP contribution is 2.19. The fourth-order valence-electron chi connectivity index (χ4n) is 1.55. The van der Waals surface area contributed by atoms with Crippen LogP contribution in [0.2, 0.25) is 0 Å². The molecule has 0 radical (unpaired) electrons. The van der Waals surface area contributed by atoms with Crippen LogP contribution in [0.5, 0.6) is 5.75 Å². The minimum atomic E-state index is -0.776. The van der Waals surface area contributed by atoms with Crippen molar-refractivity contribution in [2.75, 3.05) is 12.8 Å². The summed E-state index contributed by atoms with van der Waals surface area (Å²) in [4.78, 5) is 0. The lowest BCUT2D eigenvalue weighted by molar-refractivity contribution is 0.239. The molecule has 0 bridgehead atoms. The molecule has 0 amide bonds. The van der Waals surface area contributed by atoms with Crippen molar-refractivity contribution in [2.24, 2.45) is 0 Å². The van der Waals surface area contributed by atoms with Crippen molar-refractivity contribution in [3.8, 4) is 5.75 Å². The van der Waals surface area contributed by atoms with E-state index in [0.29, 0.717) is 0 Å². The van der Waals surface area contributed by atoms with Gasteiger partial charge in [0, 0.05) is 41.0 Å². The summed E-state index contributed by atoms with van der Waals surface area (Å²) in [6.07, 6.45) is 1.91. The van der Waals surface area contributed by atoms with Crippen molar-refractivity contribution in [2.45, 2.75) is 38.7 Å². The van der Waals surface area contributed by atoms with Crippen LogP contribution in [0.25, 0.3) is 0 Å². The largest absolute Gasteiger partial charge is 0.491 e. The lowest BCUT2D eigenvalue weighted by Crippen LogP contribution is -2.27. The Morgan fingerprint density at radius 1 is 1.28 bits per heavy atom. The predicted molar refractivity (Wildman–Crippen MR) is 77.4 cm³/mol. The predicted octanol–water partition coefficient (Wildman–Crippen LogP) is 2.33. The molecule has 0 aliphatic heterocycles. The highest BCUT2D eigenvalue weighted by atomic mass is 32.2. The van der Waals surface area contributed by atoms with E-state index in [2.05, 4.69) is 11.4 Å². The second-order valence-corrected chi connectivity index (χ2v) is 6.52. The van der Waals surface area contributed by atoms with Gasteiger partial charge in [0.2, 0.25) is 0 Å². The lowest BCUT2D eigenvalue weighted by atomic mass is 10.2. The quantitative estimate of drug-likeness (QED) is 0.825. The van der Waals surface area contributed by atoms with Gasteiger partial charge < -0.3 is 10.1 Å². The summed E-state index contributed by atoms with van der Waals surface area (Å²) in [5.74, 6) is 0.922. The van der Waals surface area contributed by atoms with E-state index in [-0.39, 0.29) is 11.4 Å². The summed E-state index contributed by atoms with van der Waals surface area (Å²) in [6.45, 7) is 7.52. The molecule has 1 rings (SSSR count). The molecule has 0 aromatic heterocycles. The standard InChI is InChI=1S/C14H23NO2S/c1-11(2)17-14-8-6-5-7-13(14)10-15-9-12(3)18(4)16/h5-8,11-12,15H,9-10H2,1-4H3. The normalized spacial score (nSPS) is 14.5. The van der Waals surface area contributed by atoms with Crippen molar-refractivity contribution in [1.82, 2.24) is 5.32 Å². The van der Waals surface area contributed by atoms with E-state index in [9.17, 15) is 4.21 Å². The molecule has 0 saturated heterocycles. The molecule has 1 aromatic carbocycles. The molecule has 1 N–H and O–H groups in total. The van der Waals surface area contributed by atoms with Crippen LogP contribution in [0.15, 0.2) is 24.3 Å². The van der Waals surface area contributed by atoms with Crippen LogP contribution in [0, 0.1) is 0 Å². The maximum atomic E-state index is 11.2. The molecule has 0 fully saturated rings. The first kappa shape index (κ1) is 15.2. The second-order valence-electron chi connectivity index (χ2n) is 4.71. The molecule has 2 atom stereocenters. The Morgan fingerprint density at radius 3 is 2.56 bits per heavy atom. The molecule has 1 aromatic rings. The molecule has 2 unspecified atom stereocenters. The summed E-state index contributed by atoms with van der Waals surface area (Å²) < 4.78 is 17.0. The molecule has 0 aliphatic rings. The van der Waals surface area contributed by atoms with E-state index in [1.54, 1.807) is 6.26 Å². The first-order valence-corrected chi connectivity index (χ1v) is 7.90. The van der Waals surface area contributed by atoms with Gasteiger partial charge in [-0.2, -0.15) is 0 Å². The number of nitrogens with one attached hydrogen (secondary N) is 1. The minimum absolute atomic E-state index is 0.170. The molecule has 102 valence electrons. The number of hydrogen-bond donors (Lipinski definition) is 1. The van der Waals surface area contributed by atoms with Crippen LogP contribution in [-0.4, -0.2) is 28.4 Å². The van der Waals surface area contributed by atoms with E-state index in [0.717, 1.165) is 24.4 Å². The Labute approximate surface area is 112 Å². The van der Waals surface area contributed by atoms with Crippen molar-refractivity contribution >= 4 is 10.8 Å². The Morgan fingerprint density at radius 2 is 1.94 bits per heavy atom. The maximum absolute atomic E-state index is 11.2. The van der Waals surface area contributed by atoms with Crippen LogP contribution >= 0.6 is 0 Å². The van der Waals surface area contributed by atoms with E-state index in [1.807, 2.05) is 39.0 Å². The topological polar surface area (TPSA) is 38.3 Å². The Balaban J connectivity index is 2.53. The molecule has 0 aliphatic carbocycles. The van der Waals surface area contributed by atoms with Gasteiger partial charge in [-0.15, -0.1) is 0 Å². The van der Waals surface area contributed by atoms with E-state index >= 15 is 0 Å². The first-order valence-electron chi connectivity index (χ1n) is 6.28. The summed E-state index contributed by atoms with van der Waals surface area (Å²) in [5, 5.41) is 3.49. The van der Waals surface area contributed by atoms with E-state index < -0.39 is 10.8 Å². The molecular formula is C14H23NO2S. The minimum Gasteiger partial charge on any atom is -0.491 e. The zero-order valence-electron chi connectivity index (χ0n) is 11.6. The number of rotatable bonds is 7. The zero-order valence-corrected chi connectivity index (χ0v) is 12.4. The Hall–Kier alpha value is -0.870. The number of hydrogen-bond acceptors (Lipinski definition) is 3. The third-order valence-electron chi connectivity index (χ3n) is 2.65. The summed E-state index contributed by atoms with van der Waals surface area (Å²) in [6, 6.07) is 8.02. The van der Waals surface area contributed by atoms with Gasteiger partial charge in [0.1, 0.15) is 5.75 Å². The third-order valence-corrected chi connectivity index (χ3v) is 3.95. The average molecular weight is 269 g/mol. The van der Waals surface area contributed by atoms with Gasteiger partial charge in [-0.3, -0.25) is 4.21 Å². The molecule has 4 heteroatoms. The number of benzene rings is 1. The zero-order chi connectivity index (χ0) is 13.5. The fraction of sp³-hybridized carbons (Fsp3) is 0.571. The fourth-order valence-corrected chi connectivity index (χ4v) is 1.90. The van der Waals surface area contributed by atoms with E-state index in [1.165, 1.54) is 0 Å². The van der Waals surface area contributed by atoms with Crippen LogP contribution in [0.3, 0.4) is 0 Å². The molecular weight excluding hydrogens is 246 g/mol. The van der Waals surface area contributed by atoms with Crippen LogP contribution in [0.1, 0.15) is 26.3 Å². The number of para-hydroxylation sites is 1. The van der Waals surface area contributed by atoms with Crippen molar-refractivity contribution in [3.63, 3.8) is 0 Å². The second kappa shape index (κ2) is 7.54. The van der Waals surface area contributed by atoms with Gasteiger partial charge in [-0.05, 0) is 26.8 Å². The third kappa shape index (κ3) is 5.19. The Kier molecular flexibility index (Phi) is 6.36. The summed E-state index contributed by atoms with van der Waals surface area (Å²) >= 11 is 0. The maximum Gasteiger partial charge on any atom is 0.124 e. The van der Waals surface area contributed by atoms with Gasteiger partial charge in [0.15, 0.2) is 0 Å². The van der Waals surface area contributed by atoms with Crippen molar-refractivity contribution in [1.29, 1.82) is 0 Å². The van der Waals surface area contributed by atoms with Crippen molar-refractivity contribution < 1.29 is 8.95 Å². The van der Waals surface area contributed by atoms with Gasteiger partial charge in [0.05, 0.1) is 6.10 Å². The number of ether oxygens (including phenoxy) is 1. The molecule has 3 nitrogen and oxygen atoms in total. The van der Waals surface area contributed by atoms with Gasteiger partial charge >= 0.3 is 0 Å². The van der Waals surface area contributed by atoms with Crippen LogP contribution in [-0.2, 0) is 17.3 Å². The van der Waals surface area contributed by atoms with E-state index in [4.69, 9.17) is 4.74 Å². The lowest BCUT2D eigenvalue weighted by Gasteiger charge is -2.15. The first-order chi connectivity index (χ1) is 8.50. The van der Waals surface area contributed by atoms with Crippen LogP contribution in [0.4, 0.5) is 0 Å².